The van der Waals surface area contributed by atoms with Gasteiger partial charge in [0.2, 0.25) is 0 Å². The molecule has 0 unspecified atom stereocenters. The topological polar surface area (TPSA) is 73.6 Å². The highest BCUT2D eigenvalue weighted by Crippen LogP contribution is 2.41. The molecule has 1 aliphatic rings. The number of fused-ring (bicyclic) bond motifs is 1. The average Bonchev–Trinajstić information content (AvgIpc) is 2.99. The minimum atomic E-state index is -3.71. The first kappa shape index (κ1) is 17.5. The molecule has 4 rings (SSSR count). The Hall–Kier alpha value is -1.96. The second-order valence-corrected chi connectivity index (χ2v) is 8.65. The molecule has 0 bridgehead atoms. The number of imidazole rings is 1. The number of aryl methyl sites for hydroxylation is 1. The Labute approximate surface area is 156 Å². The highest BCUT2D eigenvalue weighted by atomic mass is 35.5. The fourth-order valence-corrected chi connectivity index (χ4v) is 4.43. The summed E-state index contributed by atoms with van der Waals surface area (Å²) in [6.45, 7) is 2.10. The monoisotopic (exact) mass is 391 g/mol. The van der Waals surface area contributed by atoms with Crippen LogP contribution in [0.25, 0.3) is 5.52 Å². The molecule has 2 heterocycles. The second-order valence-electron chi connectivity index (χ2n) is 6.68. The van der Waals surface area contributed by atoms with E-state index in [1.807, 2.05) is 17.5 Å². The molecule has 1 saturated carbocycles. The summed E-state index contributed by atoms with van der Waals surface area (Å²) in [7, 11) is -3.71. The van der Waals surface area contributed by atoms with Gasteiger partial charge in [-0.1, -0.05) is 29.3 Å². The smallest absolute Gasteiger partial charge is 0.296 e. The maximum atomic E-state index is 12.3. The van der Waals surface area contributed by atoms with Crippen molar-refractivity contribution in [3.8, 4) is 0 Å². The Bertz CT molecular complexity index is 1040. The van der Waals surface area contributed by atoms with Gasteiger partial charge in [-0.25, -0.2) is 9.97 Å². The first-order chi connectivity index (χ1) is 12.4. The Balaban J connectivity index is 1.38. The van der Waals surface area contributed by atoms with Gasteiger partial charge in [0.15, 0.2) is 5.15 Å². The Kier molecular flexibility index (Phi) is 4.46. The summed E-state index contributed by atoms with van der Waals surface area (Å²) in [5, 5.41) is 0.426. The number of halogens is 1. The van der Waals surface area contributed by atoms with Crippen molar-refractivity contribution in [1.82, 2.24) is 14.4 Å². The number of benzene rings is 1. The minimum absolute atomic E-state index is 0.193. The van der Waals surface area contributed by atoms with Crippen LogP contribution in [0.2, 0.25) is 5.15 Å². The predicted octanol–water partition coefficient (Wildman–Crippen LogP) is 3.59. The lowest BCUT2D eigenvalue weighted by Crippen LogP contribution is -2.28. The van der Waals surface area contributed by atoms with Crippen molar-refractivity contribution in [1.29, 1.82) is 0 Å². The van der Waals surface area contributed by atoms with Gasteiger partial charge in [0, 0.05) is 18.3 Å². The fourth-order valence-electron chi connectivity index (χ4n) is 3.26. The molecule has 0 atom stereocenters. The van der Waals surface area contributed by atoms with Crippen molar-refractivity contribution in [2.75, 3.05) is 6.61 Å². The van der Waals surface area contributed by atoms with Gasteiger partial charge in [-0.05, 0) is 37.8 Å². The van der Waals surface area contributed by atoms with Crippen LogP contribution in [-0.2, 0) is 14.3 Å². The summed E-state index contributed by atoms with van der Waals surface area (Å²) in [6.07, 6.45) is 6.88. The number of rotatable bonds is 5. The third kappa shape index (κ3) is 3.22. The molecule has 1 aromatic carbocycles. The molecule has 0 spiro atoms. The number of aromatic nitrogens is 3. The van der Waals surface area contributed by atoms with E-state index in [2.05, 4.69) is 9.97 Å². The van der Waals surface area contributed by atoms with Crippen LogP contribution in [0.5, 0.6) is 0 Å². The van der Waals surface area contributed by atoms with Crippen molar-refractivity contribution in [3.63, 3.8) is 0 Å². The Morgan fingerprint density at radius 3 is 2.69 bits per heavy atom. The zero-order valence-electron chi connectivity index (χ0n) is 14.2. The van der Waals surface area contributed by atoms with E-state index in [1.165, 1.54) is 0 Å². The normalized spacial score (nSPS) is 20.2. The van der Waals surface area contributed by atoms with Gasteiger partial charge in [0.1, 0.15) is 11.3 Å². The molecule has 8 heteroatoms. The van der Waals surface area contributed by atoms with Crippen LogP contribution in [0.3, 0.4) is 0 Å². The lowest BCUT2D eigenvalue weighted by molar-refractivity contribution is 0.158. The molecule has 26 heavy (non-hydrogen) atoms. The molecule has 136 valence electrons. The summed E-state index contributed by atoms with van der Waals surface area (Å²) >= 11 is 6.07. The molecule has 2 aromatic heterocycles. The van der Waals surface area contributed by atoms with E-state index < -0.39 is 10.1 Å². The van der Waals surface area contributed by atoms with E-state index in [0.29, 0.717) is 5.15 Å². The van der Waals surface area contributed by atoms with Crippen molar-refractivity contribution >= 4 is 27.2 Å². The predicted molar refractivity (Wildman–Crippen MR) is 97.8 cm³/mol. The van der Waals surface area contributed by atoms with Crippen LogP contribution in [0.4, 0.5) is 0 Å². The van der Waals surface area contributed by atoms with Gasteiger partial charge >= 0.3 is 0 Å². The van der Waals surface area contributed by atoms with Gasteiger partial charge in [-0.2, -0.15) is 8.42 Å². The van der Waals surface area contributed by atoms with E-state index in [0.717, 1.165) is 29.7 Å². The third-order valence-electron chi connectivity index (χ3n) is 4.81. The van der Waals surface area contributed by atoms with Gasteiger partial charge in [-0.3, -0.25) is 8.58 Å². The largest absolute Gasteiger partial charge is 0.299 e. The number of hydrogen-bond acceptors (Lipinski definition) is 5. The summed E-state index contributed by atoms with van der Waals surface area (Å²) in [4.78, 5) is 8.70. The van der Waals surface area contributed by atoms with E-state index in [-0.39, 0.29) is 23.3 Å². The summed E-state index contributed by atoms with van der Waals surface area (Å²) in [5.74, 6) is 1.40. The molecule has 1 aliphatic carbocycles. The van der Waals surface area contributed by atoms with Crippen LogP contribution < -0.4 is 0 Å². The maximum absolute atomic E-state index is 12.3. The lowest BCUT2D eigenvalue weighted by Gasteiger charge is -2.34. The second kappa shape index (κ2) is 6.64. The lowest BCUT2D eigenvalue weighted by atomic mass is 9.75. The molecule has 0 amide bonds. The first-order valence-electron chi connectivity index (χ1n) is 8.37. The fraction of sp³-hybridized carbons (Fsp3) is 0.333. The number of nitrogens with zero attached hydrogens (tertiary/aromatic N) is 3. The van der Waals surface area contributed by atoms with E-state index in [4.69, 9.17) is 15.8 Å². The van der Waals surface area contributed by atoms with Gasteiger partial charge in [0.05, 0.1) is 17.7 Å². The van der Waals surface area contributed by atoms with E-state index in [1.54, 1.807) is 36.7 Å². The highest BCUT2D eigenvalue weighted by Gasteiger charge is 2.34. The quantitative estimate of drug-likeness (QED) is 0.621. The summed E-state index contributed by atoms with van der Waals surface area (Å²) in [5.41, 5.74) is 1.79. The van der Waals surface area contributed by atoms with E-state index in [9.17, 15) is 8.42 Å². The van der Waals surface area contributed by atoms with Gasteiger partial charge in [0.25, 0.3) is 10.1 Å². The standard InChI is InChI=1S/C18H18ClN3O3S/c1-12-2-4-15(5-3-12)26(23,24)25-11-13-8-14(9-13)18-21-10-16-17(19)20-6-7-22(16)18/h2-7,10,13-14H,8-9,11H2,1H3. The van der Waals surface area contributed by atoms with Crippen molar-refractivity contribution < 1.29 is 12.6 Å². The third-order valence-corrected chi connectivity index (χ3v) is 6.40. The van der Waals surface area contributed by atoms with Crippen molar-refractivity contribution in [2.24, 2.45) is 5.92 Å². The van der Waals surface area contributed by atoms with Crippen LogP contribution in [0.15, 0.2) is 47.8 Å². The zero-order chi connectivity index (χ0) is 18.3. The molecule has 0 N–H and O–H groups in total. The number of hydrogen-bond donors (Lipinski definition) is 0. The van der Waals surface area contributed by atoms with Gasteiger partial charge < -0.3 is 0 Å². The molecular formula is C18H18ClN3O3S. The van der Waals surface area contributed by atoms with Crippen LogP contribution in [0.1, 0.15) is 30.1 Å². The zero-order valence-corrected chi connectivity index (χ0v) is 15.7. The summed E-state index contributed by atoms with van der Waals surface area (Å²) in [6, 6.07) is 6.67. The van der Waals surface area contributed by atoms with Crippen molar-refractivity contribution in [3.05, 3.63) is 59.4 Å². The molecular weight excluding hydrogens is 374 g/mol. The molecule has 0 radical (unpaired) electrons. The maximum Gasteiger partial charge on any atom is 0.296 e. The molecule has 3 aromatic rings. The first-order valence-corrected chi connectivity index (χ1v) is 10.2. The average molecular weight is 392 g/mol. The van der Waals surface area contributed by atoms with Gasteiger partial charge in [-0.15, -0.1) is 0 Å². The Morgan fingerprint density at radius 1 is 1.23 bits per heavy atom. The molecule has 6 nitrogen and oxygen atoms in total. The molecule has 1 fully saturated rings. The SMILES string of the molecule is Cc1ccc(S(=O)(=O)OCC2CC(c3ncc4c(Cl)nccn34)C2)cc1. The Morgan fingerprint density at radius 2 is 1.96 bits per heavy atom. The molecule has 0 aliphatic heterocycles. The molecule has 0 saturated heterocycles. The van der Waals surface area contributed by atoms with Crippen LogP contribution in [-0.4, -0.2) is 29.4 Å². The van der Waals surface area contributed by atoms with Crippen LogP contribution >= 0.6 is 11.6 Å². The highest BCUT2D eigenvalue weighted by molar-refractivity contribution is 7.86. The minimum Gasteiger partial charge on any atom is -0.299 e. The van der Waals surface area contributed by atoms with Crippen molar-refractivity contribution in [2.45, 2.75) is 30.6 Å². The van der Waals surface area contributed by atoms with E-state index >= 15 is 0 Å². The van der Waals surface area contributed by atoms with Crippen LogP contribution in [0, 0.1) is 12.8 Å². The summed E-state index contributed by atoms with van der Waals surface area (Å²) < 4.78 is 31.7.